The van der Waals surface area contributed by atoms with E-state index >= 15 is 0 Å². The maximum Gasteiger partial charge on any atom is 0.270 e. The molecule has 0 fully saturated rings. The van der Waals surface area contributed by atoms with Crippen LogP contribution in [-0.4, -0.2) is 16.9 Å². The van der Waals surface area contributed by atoms with Crippen LogP contribution in [0.2, 0.25) is 0 Å². The average molecular weight is 253 g/mol. The number of ether oxygens (including phenoxy) is 1. The fourth-order valence-corrected chi connectivity index (χ4v) is 1.45. The maximum absolute atomic E-state index is 11.1. The van der Waals surface area contributed by atoms with Crippen LogP contribution in [0.1, 0.15) is 18.9 Å². The minimum absolute atomic E-state index is 0.0741. The van der Waals surface area contributed by atoms with Crippen molar-refractivity contribution in [2.45, 2.75) is 26.0 Å². The van der Waals surface area contributed by atoms with Crippen LogP contribution in [0, 0.1) is 10.1 Å². The van der Waals surface area contributed by atoms with Crippen molar-refractivity contribution in [1.29, 1.82) is 0 Å². The van der Waals surface area contributed by atoms with Crippen LogP contribution in [0.15, 0.2) is 18.2 Å². The van der Waals surface area contributed by atoms with E-state index in [-0.39, 0.29) is 12.2 Å². The Balaban J connectivity index is 3.02. The van der Waals surface area contributed by atoms with Gasteiger partial charge in [0, 0.05) is 24.2 Å². The first kappa shape index (κ1) is 13.9. The Bertz CT molecular complexity index is 462. The highest BCUT2D eigenvalue weighted by atomic mass is 16.6. The van der Waals surface area contributed by atoms with Gasteiger partial charge in [0.15, 0.2) is 6.10 Å². The van der Waals surface area contributed by atoms with E-state index in [1.54, 1.807) is 6.92 Å². The molecule has 0 saturated heterocycles. The third kappa shape index (κ3) is 3.17. The monoisotopic (exact) mass is 253 g/mol. The topological polar surface area (TPSA) is 121 Å². The van der Waals surface area contributed by atoms with Gasteiger partial charge < -0.3 is 16.2 Å². The van der Waals surface area contributed by atoms with Crippen molar-refractivity contribution >= 4 is 11.6 Å². The highest BCUT2D eigenvalue weighted by molar-refractivity contribution is 5.79. The summed E-state index contributed by atoms with van der Waals surface area (Å²) in [6, 6.07) is 4.04. The first-order chi connectivity index (χ1) is 8.49. The van der Waals surface area contributed by atoms with E-state index in [0.717, 1.165) is 0 Å². The SMILES string of the molecule is CCC(Oc1ccc([N+](=O)[O-])cc1CN)C(N)=O. The van der Waals surface area contributed by atoms with Crippen LogP contribution >= 0.6 is 0 Å². The van der Waals surface area contributed by atoms with Gasteiger partial charge in [-0.1, -0.05) is 6.92 Å². The molecule has 0 saturated carbocycles. The van der Waals surface area contributed by atoms with Gasteiger partial charge in [-0.3, -0.25) is 14.9 Å². The second kappa shape index (κ2) is 5.97. The van der Waals surface area contributed by atoms with E-state index in [0.29, 0.717) is 17.7 Å². The van der Waals surface area contributed by atoms with Crippen LogP contribution in [0.3, 0.4) is 0 Å². The van der Waals surface area contributed by atoms with Gasteiger partial charge >= 0.3 is 0 Å². The predicted molar refractivity (Wildman–Crippen MR) is 64.9 cm³/mol. The third-order valence-electron chi connectivity index (χ3n) is 2.43. The summed E-state index contributed by atoms with van der Waals surface area (Å²) in [6.07, 6.45) is -0.354. The molecule has 0 aliphatic rings. The molecule has 1 amide bonds. The number of hydrogen-bond donors (Lipinski definition) is 2. The van der Waals surface area contributed by atoms with E-state index in [1.165, 1.54) is 18.2 Å². The first-order valence-corrected chi connectivity index (χ1v) is 5.43. The molecule has 0 spiro atoms. The second-order valence-electron chi connectivity index (χ2n) is 3.67. The van der Waals surface area contributed by atoms with Crippen molar-refractivity contribution in [3.05, 3.63) is 33.9 Å². The predicted octanol–water partition coefficient (Wildman–Crippen LogP) is 0.696. The molecule has 1 rings (SSSR count). The van der Waals surface area contributed by atoms with Crippen LogP contribution < -0.4 is 16.2 Å². The molecule has 7 heteroatoms. The van der Waals surface area contributed by atoms with E-state index < -0.39 is 16.9 Å². The largest absolute Gasteiger partial charge is 0.480 e. The number of rotatable bonds is 6. The van der Waals surface area contributed by atoms with E-state index in [2.05, 4.69) is 0 Å². The first-order valence-electron chi connectivity index (χ1n) is 5.43. The maximum atomic E-state index is 11.1. The summed E-state index contributed by atoms with van der Waals surface area (Å²) in [5.41, 5.74) is 11.0. The molecule has 1 aromatic carbocycles. The molecule has 0 bridgehead atoms. The molecule has 0 radical (unpaired) electrons. The molecule has 18 heavy (non-hydrogen) atoms. The van der Waals surface area contributed by atoms with Crippen LogP contribution in [-0.2, 0) is 11.3 Å². The quantitative estimate of drug-likeness (QED) is 0.570. The molecule has 1 unspecified atom stereocenters. The Kier molecular flexibility index (Phi) is 4.61. The minimum atomic E-state index is -0.767. The van der Waals surface area contributed by atoms with E-state index in [1.807, 2.05) is 0 Å². The lowest BCUT2D eigenvalue weighted by Gasteiger charge is -2.16. The summed E-state index contributed by atoms with van der Waals surface area (Å²) < 4.78 is 5.40. The number of nitro benzene ring substituents is 1. The number of primary amides is 1. The molecule has 98 valence electrons. The van der Waals surface area contributed by atoms with Gasteiger partial charge in [-0.05, 0) is 12.5 Å². The molecular formula is C11H15N3O4. The molecular weight excluding hydrogens is 238 g/mol. The fraction of sp³-hybridized carbons (Fsp3) is 0.364. The van der Waals surface area contributed by atoms with Crippen LogP contribution in [0.4, 0.5) is 5.69 Å². The Hall–Kier alpha value is -2.15. The van der Waals surface area contributed by atoms with Gasteiger partial charge in [0.2, 0.25) is 0 Å². The van der Waals surface area contributed by atoms with Crippen molar-refractivity contribution in [2.75, 3.05) is 0 Å². The number of amides is 1. The number of nitrogens with two attached hydrogens (primary N) is 2. The highest BCUT2D eigenvalue weighted by Crippen LogP contribution is 2.25. The zero-order chi connectivity index (χ0) is 13.7. The lowest BCUT2D eigenvalue weighted by molar-refractivity contribution is -0.384. The van der Waals surface area contributed by atoms with Gasteiger partial charge in [-0.25, -0.2) is 0 Å². The number of benzene rings is 1. The molecule has 1 aromatic rings. The number of nitrogens with zero attached hydrogens (tertiary/aromatic N) is 1. The number of hydrogen-bond acceptors (Lipinski definition) is 5. The van der Waals surface area contributed by atoms with Crippen LogP contribution in [0.25, 0.3) is 0 Å². The van der Waals surface area contributed by atoms with Crippen molar-refractivity contribution in [3.63, 3.8) is 0 Å². The summed E-state index contributed by atoms with van der Waals surface area (Å²) in [5.74, 6) is -0.243. The smallest absolute Gasteiger partial charge is 0.270 e. The van der Waals surface area contributed by atoms with Crippen molar-refractivity contribution in [2.24, 2.45) is 11.5 Å². The van der Waals surface area contributed by atoms with Gasteiger partial charge in [-0.15, -0.1) is 0 Å². The summed E-state index contributed by atoms with van der Waals surface area (Å²) in [4.78, 5) is 21.2. The Morgan fingerprint density at radius 2 is 2.22 bits per heavy atom. The highest BCUT2D eigenvalue weighted by Gasteiger charge is 2.18. The molecule has 0 heterocycles. The van der Waals surface area contributed by atoms with Gasteiger partial charge in [-0.2, -0.15) is 0 Å². The van der Waals surface area contributed by atoms with Gasteiger partial charge in [0.1, 0.15) is 5.75 Å². The molecule has 7 nitrogen and oxygen atoms in total. The molecule has 0 aliphatic heterocycles. The Labute approximate surface area is 104 Å². The number of carbonyl (C=O) groups is 1. The fourth-order valence-electron chi connectivity index (χ4n) is 1.45. The number of carbonyl (C=O) groups excluding carboxylic acids is 1. The Morgan fingerprint density at radius 1 is 1.56 bits per heavy atom. The molecule has 0 aliphatic carbocycles. The van der Waals surface area contributed by atoms with Crippen molar-refractivity contribution in [3.8, 4) is 5.75 Å². The normalized spacial score (nSPS) is 11.9. The van der Waals surface area contributed by atoms with Gasteiger partial charge in [0.05, 0.1) is 4.92 Å². The lowest BCUT2D eigenvalue weighted by Crippen LogP contribution is -2.33. The second-order valence-corrected chi connectivity index (χ2v) is 3.67. The van der Waals surface area contributed by atoms with E-state index in [4.69, 9.17) is 16.2 Å². The minimum Gasteiger partial charge on any atom is -0.480 e. The number of nitro groups is 1. The molecule has 1 atom stereocenters. The van der Waals surface area contributed by atoms with Crippen molar-refractivity contribution in [1.82, 2.24) is 0 Å². The zero-order valence-electron chi connectivity index (χ0n) is 9.96. The summed E-state index contributed by atoms with van der Waals surface area (Å²) in [6.45, 7) is 1.83. The average Bonchev–Trinajstić information content (AvgIpc) is 2.35. The van der Waals surface area contributed by atoms with Crippen LogP contribution in [0.5, 0.6) is 5.75 Å². The number of non-ortho nitro benzene ring substituents is 1. The summed E-state index contributed by atoms with van der Waals surface area (Å²) >= 11 is 0. The third-order valence-corrected chi connectivity index (χ3v) is 2.43. The Morgan fingerprint density at radius 3 is 2.67 bits per heavy atom. The standard InChI is InChI=1S/C11H15N3O4/c1-2-9(11(13)15)18-10-4-3-8(14(16)17)5-7(10)6-12/h3-5,9H,2,6,12H2,1H3,(H2,13,15). The van der Waals surface area contributed by atoms with Crippen molar-refractivity contribution < 1.29 is 14.5 Å². The summed E-state index contributed by atoms with van der Waals surface area (Å²) in [5, 5.41) is 10.6. The van der Waals surface area contributed by atoms with E-state index in [9.17, 15) is 14.9 Å². The molecule has 4 N–H and O–H groups in total. The summed E-state index contributed by atoms with van der Waals surface area (Å²) in [7, 11) is 0. The molecule has 0 aromatic heterocycles. The van der Waals surface area contributed by atoms with Gasteiger partial charge in [0.25, 0.3) is 11.6 Å². The lowest BCUT2D eigenvalue weighted by atomic mass is 10.1. The zero-order valence-corrected chi connectivity index (χ0v) is 9.96.